The Morgan fingerprint density at radius 1 is 0.512 bits per heavy atom. The zero-order valence-electron chi connectivity index (χ0n) is 24.7. The Morgan fingerprint density at radius 3 is 1.15 bits per heavy atom. The van der Waals surface area contributed by atoms with Crippen LogP contribution in [0.4, 0.5) is 0 Å². The minimum Gasteiger partial charge on any atom is -0.397 e. The molecule has 41 heavy (non-hydrogen) atoms. The molecule has 2 radical (unpaired) electrons. The fourth-order valence-corrected chi connectivity index (χ4v) is 4.04. The molecule has 0 spiro atoms. The molecule has 0 aromatic heterocycles. The summed E-state index contributed by atoms with van der Waals surface area (Å²) in [6, 6.07) is 48.6. The number of fused-ring (bicyclic) bond motifs is 5. The van der Waals surface area contributed by atoms with E-state index in [1.165, 1.54) is 43.1 Å². The number of hydrogen-bond donors (Lipinski definition) is 2. The smallest absolute Gasteiger partial charge is 0.397 e. The van der Waals surface area contributed by atoms with Crippen LogP contribution < -0.4 is 0 Å². The molecule has 7 aromatic carbocycles. The Bertz CT molecular complexity index is 1430. The van der Waals surface area contributed by atoms with Crippen molar-refractivity contribution in [2.45, 2.75) is 26.9 Å². The van der Waals surface area contributed by atoms with Crippen molar-refractivity contribution in [2.75, 3.05) is 13.2 Å². The van der Waals surface area contributed by atoms with Crippen molar-refractivity contribution in [1.82, 2.24) is 0 Å². The Kier molecular flexibility index (Phi) is 19.1. The van der Waals surface area contributed by atoms with E-state index < -0.39 is 0 Å². The molecule has 0 saturated heterocycles. The van der Waals surface area contributed by atoms with Crippen LogP contribution in [0.25, 0.3) is 43.1 Å². The summed E-state index contributed by atoms with van der Waals surface area (Å²) < 4.78 is 0. The summed E-state index contributed by atoms with van der Waals surface area (Å²) in [5.74, 6) is 0. The Morgan fingerprint density at radius 2 is 0.805 bits per heavy atom. The van der Waals surface area contributed by atoms with Gasteiger partial charge in [-0.25, -0.2) is 0 Å². The fourth-order valence-electron chi connectivity index (χ4n) is 4.04. The molecule has 2 nitrogen and oxygen atoms in total. The van der Waals surface area contributed by atoms with Crippen molar-refractivity contribution >= 4 is 52.6 Å². The summed E-state index contributed by atoms with van der Waals surface area (Å²) in [6.45, 7) is 8.28. The van der Waals surface area contributed by atoms with E-state index in [0.717, 1.165) is 9.52 Å². The molecule has 0 unspecified atom stereocenters. The maximum atomic E-state index is 7.57. The number of hydrogen-bond acceptors (Lipinski definition) is 2. The van der Waals surface area contributed by atoms with Crippen LogP contribution in [0, 0.1) is 0 Å². The van der Waals surface area contributed by atoms with Crippen LogP contribution in [0.15, 0.2) is 140 Å². The fraction of sp³-hybridized carbons (Fsp3) is 0.162. The van der Waals surface area contributed by atoms with Gasteiger partial charge in [0.15, 0.2) is 0 Å². The Labute approximate surface area is 267 Å². The zero-order valence-corrected chi connectivity index (χ0v) is 28.3. The normalized spacial score (nSPS) is 9.32. The topological polar surface area (TPSA) is 40.5 Å². The number of rotatable bonds is 0. The van der Waals surface area contributed by atoms with Crippen molar-refractivity contribution in [3.63, 3.8) is 0 Å². The van der Waals surface area contributed by atoms with Gasteiger partial charge < -0.3 is 10.2 Å². The summed E-state index contributed by atoms with van der Waals surface area (Å²) in [7, 11) is 0.750. The molecular weight excluding hydrogens is 596 g/mol. The molecule has 0 aliphatic carbocycles. The average Bonchev–Trinajstić information content (AvgIpc) is 3.73. The van der Waals surface area contributed by atoms with Crippen LogP contribution in [0.3, 0.4) is 0 Å². The van der Waals surface area contributed by atoms with Gasteiger partial charge in [0, 0.05) is 22.7 Å². The van der Waals surface area contributed by atoms with Crippen LogP contribution in [0.2, 0.25) is 13.1 Å². The van der Waals surface area contributed by atoms with Crippen molar-refractivity contribution < 1.29 is 36.4 Å². The Balaban J connectivity index is 0.000000270. The van der Waals surface area contributed by atoms with E-state index in [0.29, 0.717) is 0 Å². The first-order chi connectivity index (χ1) is 19.6. The van der Waals surface area contributed by atoms with Gasteiger partial charge in [0.2, 0.25) is 0 Å². The Hall–Kier alpha value is -3.01. The van der Waals surface area contributed by atoms with E-state index in [-0.39, 0.29) is 39.4 Å². The van der Waals surface area contributed by atoms with Crippen molar-refractivity contribution in [3.05, 3.63) is 140 Å². The summed E-state index contributed by atoms with van der Waals surface area (Å²) >= 11 is 0. The molecule has 7 rings (SSSR count). The first kappa shape index (κ1) is 36.0. The van der Waals surface area contributed by atoms with Gasteiger partial charge in [-0.3, -0.25) is 0 Å². The van der Waals surface area contributed by atoms with E-state index in [1.54, 1.807) is 13.8 Å². The maximum absolute atomic E-state index is 7.57. The molecular formula is C37H42O2SiZr. The second-order valence-corrected chi connectivity index (χ2v) is 9.99. The first-order valence-corrected chi connectivity index (χ1v) is 16.1. The van der Waals surface area contributed by atoms with Crippen LogP contribution in [0.1, 0.15) is 13.8 Å². The third-order valence-corrected chi connectivity index (χ3v) is 5.62. The van der Waals surface area contributed by atoms with Crippen LogP contribution >= 0.6 is 0 Å². The zero-order chi connectivity index (χ0) is 29.0. The van der Waals surface area contributed by atoms with Gasteiger partial charge in [0.25, 0.3) is 0 Å². The molecule has 0 aliphatic rings. The van der Waals surface area contributed by atoms with Crippen LogP contribution in [-0.2, 0) is 26.2 Å². The predicted molar refractivity (Wildman–Crippen MR) is 181 cm³/mol. The van der Waals surface area contributed by atoms with Crippen LogP contribution in [-0.4, -0.2) is 32.9 Å². The second-order valence-electron chi connectivity index (χ2n) is 8.84. The third kappa shape index (κ3) is 12.2. The van der Waals surface area contributed by atoms with Crippen molar-refractivity contribution in [1.29, 1.82) is 0 Å². The molecule has 2 N–H and O–H groups in total. The van der Waals surface area contributed by atoms with Crippen LogP contribution in [0.5, 0.6) is 0 Å². The van der Waals surface area contributed by atoms with E-state index in [9.17, 15) is 0 Å². The quantitative estimate of drug-likeness (QED) is 0.129. The van der Waals surface area contributed by atoms with E-state index in [4.69, 9.17) is 10.2 Å². The molecule has 0 bridgehead atoms. The monoisotopic (exact) mass is 636 g/mol. The maximum Gasteiger partial charge on any atom is 3.00 e. The molecule has 4 heteroatoms. The average molecular weight is 638 g/mol. The summed E-state index contributed by atoms with van der Waals surface area (Å²) in [6.07, 6.45) is 0. The molecule has 210 valence electrons. The number of aliphatic hydroxyl groups is 2. The molecule has 7 aromatic rings. The molecule has 0 saturated carbocycles. The minimum absolute atomic E-state index is 0. The minimum atomic E-state index is 0. The largest absolute Gasteiger partial charge is 3.00 e. The molecule has 0 atom stereocenters. The second kappa shape index (κ2) is 21.7. The first-order valence-electron chi connectivity index (χ1n) is 13.8. The van der Waals surface area contributed by atoms with Gasteiger partial charge in [0.05, 0.1) is 0 Å². The van der Waals surface area contributed by atoms with Crippen molar-refractivity contribution in [3.8, 4) is 0 Å². The summed E-state index contributed by atoms with van der Waals surface area (Å²) in [5.41, 5.74) is 0. The van der Waals surface area contributed by atoms with Gasteiger partial charge in [-0.05, 0) is 13.8 Å². The van der Waals surface area contributed by atoms with Gasteiger partial charge in [0.1, 0.15) is 0 Å². The molecule has 0 heterocycles. The third-order valence-electron chi connectivity index (χ3n) is 5.62. The molecule has 0 aliphatic heterocycles. The van der Waals surface area contributed by atoms with Gasteiger partial charge in [-0.15, -0.1) is 99.0 Å². The number of benzene rings is 4. The summed E-state index contributed by atoms with van der Waals surface area (Å²) in [4.78, 5) is 0. The molecule has 0 fully saturated rings. The SMILES string of the molecule is CCO.CCO.C[SiH]C.[Zr+3].c1ccc2[cH-]ccc2c1.c1ccc2[cH-]ccc2c1.c1ccc2c(c1)[cH-]c1ccccc12. The predicted octanol–water partition coefficient (Wildman–Crippen LogP) is 9.34. The molecule has 0 amide bonds. The van der Waals surface area contributed by atoms with Gasteiger partial charge >= 0.3 is 26.2 Å². The van der Waals surface area contributed by atoms with Crippen molar-refractivity contribution in [2.24, 2.45) is 0 Å². The van der Waals surface area contributed by atoms with E-state index in [2.05, 4.69) is 153 Å². The van der Waals surface area contributed by atoms with Gasteiger partial charge in [-0.2, -0.15) is 35.0 Å². The standard InChI is InChI=1S/C13H9.2C9H7.2C2H6O.C2H7Si.Zr/c1-3-7-12-10(5-1)9-11-6-2-4-8-13(11)12;2*1-2-5-9-7-3-6-8(9)4-1;2*1-2-3;1-3-2;/h1-9H;2*1-7H;2*3H,2H2,1H3;3H,1-2H3;/q3*-1;;;;+3. The van der Waals surface area contributed by atoms with E-state index >= 15 is 0 Å². The summed E-state index contributed by atoms with van der Waals surface area (Å²) in [5, 5.41) is 25.9. The van der Waals surface area contributed by atoms with Gasteiger partial charge in [-0.1, -0.05) is 61.6 Å². The number of aliphatic hydroxyl groups excluding tert-OH is 2. The van der Waals surface area contributed by atoms with E-state index in [1.807, 2.05) is 0 Å².